The highest BCUT2D eigenvalue weighted by Crippen LogP contribution is 2.36. The zero-order valence-electron chi connectivity index (χ0n) is 9.97. The first-order valence-corrected chi connectivity index (χ1v) is 7.90. The fourth-order valence-electron chi connectivity index (χ4n) is 2.80. The highest BCUT2D eigenvalue weighted by molar-refractivity contribution is 9.10. The van der Waals surface area contributed by atoms with Crippen LogP contribution in [0.1, 0.15) is 28.3 Å². The molecular weight excluding hydrogens is 308 g/mol. The van der Waals surface area contributed by atoms with Gasteiger partial charge in [0.25, 0.3) is 0 Å². The van der Waals surface area contributed by atoms with Crippen LogP contribution in [0.4, 0.5) is 0 Å². The summed E-state index contributed by atoms with van der Waals surface area (Å²) in [5, 5.41) is 12.5. The summed E-state index contributed by atoms with van der Waals surface area (Å²) in [6.45, 7) is 0. The van der Waals surface area contributed by atoms with Crippen molar-refractivity contribution in [3.8, 4) is 0 Å². The summed E-state index contributed by atoms with van der Waals surface area (Å²) in [6, 6.07) is 10.6. The Kier molecular flexibility index (Phi) is 3.55. The molecule has 18 heavy (non-hydrogen) atoms. The summed E-state index contributed by atoms with van der Waals surface area (Å²) >= 11 is 5.17. The lowest BCUT2D eigenvalue weighted by Gasteiger charge is -2.18. The number of aliphatic hydroxyl groups excluding tert-OH is 1. The van der Waals surface area contributed by atoms with Crippen molar-refractivity contribution in [3.63, 3.8) is 0 Å². The molecule has 0 aliphatic heterocycles. The summed E-state index contributed by atoms with van der Waals surface area (Å²) in [4.78, 5) is 1.25. The van der Waals surface area contributed by atoms with Gasteiger partial charge in [-0.3, -0.25) is 0 Å². The molecule has 1 heterocycles. The molecule has 2 unspecified atom stereocenters. The van der Waals surface area contributed by atoms with Crippen LogP contribution in [-0.4, -0.2) is 11.2 Å². The second kappa shape index (κ2) is 5.16. The number of halogens is 1. The van der Waals surface area contributed by atoms with Gasteiger partial charge in [-0.05, 0) is 46.0 Å². The molecule has 3 heteroatoms. The first kappa shape index (κ1) is 12.4. The van der Waals surface area contributed by atoms with Crippen LogP contribution in [0, 0.1) is 0 Å². The summed E-state index contributed by atoms with van der Waals surface area (Å²) < 4.78 is 1.11. The number of aryl methyl sites for hydroxylation is 1. The van der Waals surface area contributed by atoms with Crippen molar-refractivity contribution in [1.29, 1.82) is 0 Å². The number of benzene rings is 1. The number of hydrogen-bond donors (Lipinski definition) is 1. The van der Waals surface area contributed by atoms with Crippen LogP contribution in [0.15, 0.2) is 40.2 Å². The summed E-state index contributed by atoms with van der Waals surface area (Å²) in [6.07, 6.45) is 2.67. The van der Waals surface area contributed by atoms with Crippen LogP contribution in [0.5, 0.6) is 0 Å². The van der Waals surface area contributed by atoms with Gasteiger partial charge in [-0.15, -0.1) is 11.3 Å². The molecule has 0 saturated heterocycles. The molecule has 0 radical (unpaired) electrons. The van der Waals surface area contributed by atoms with Crippen molar-refractivity contribution in [3.05, 3.63) is 56.2 Å². The van der Waals surface area contributed by atoms with Crippen molar-refractivity contribution in [1.82, 2.24) is 0 Å². The Morgan fingerprint density at radius 3 is 3.00 bits per heavy atom. The molecule has 1 aliphatic rings. The summed E-state index contributed by atoms with van der Waals surface area (Å²) in [7, 11) is 0. The third-order valence-corrected chi connectivity index (χ3v) is 5.40. The van der Waals surface area contributed by atoms with E-state index in [0.29, 0.717) is 5.92 Å². The Balaban J connectivity index is 1.76. The zero-order valence-corrected chi connectivity index (χ0v) is 12.4. The minimum absolute atomic E-state index is 0.265. The molecule has 2 aromatic rings. The van der Waals surface area contributed by atoms with Crippen LogP contribution in [0.25, 0.3) is 0 Å². The molecular formula is C15H15BrOS. The topological polar surface area (TPSA) is 20.2 Å². The van der Waals surface area contributed by atoms with E-state index in [1.165, 1.54) is 16.0 Å². The minimum Gasteiger partial charge on any atom is -0.392 e. The highest BCUT2D eigenvalue weighted by Gasteiger charge is 2.28. The fourth-order valence-corrected chi connectivity index (χ4v) is 4.30. The third-order valence-electron chi connectivity index (χ3n) is 3.68. The van der Waals surface area contributed by atoms with Crippen molar-refractivity contribution >= 4 is 27.3 Å². The maximum absolute atomic E-state index is 10.4. The van der Waals surface area contributed by atoms with Crippen molar-refractivity contribution < 1.29 is 5.11 Å². The van der Waals surface area contributed by atoms with E-state index < -0.39 is 0 Å². The van der Waals surface area contributed by atoms with Gasteiger partial charge in [0.05, 0.1) is 6.10 Å². The normalized spacial score (nSPS) is 19.8. The van der Waals surface area contributed by atoms with Gasteiger partial charge in [0, 0.05) is 27.1 Å². The van der Waals surface area contributed by atoms with Crippen LogP contribution < -0.4 is 0 Å². The number of rotatable bonds is 3. The summed E-state index contributed by atoms with van der Waals surface area (Å²) in [5.41, 5.74) is 2.76. The van der Waals surface area contributed by atoms with E-state index in [-0.39, 0.29) is 6.10 Å². The molecule has 2 atom stereocenters. The predicted octanol–water partition coefficient (Wildman–Crippen LogP) is 4.14. The van der Waals surface area contributed by atoms with E-state index in [0.717, 1.165) is 23.7 Å². The Bertz CT molecular complexity index is 549. The SMILES string of the molecule is OC(Cc1cc(Br)cs1)C1CCc2ccccc21. The summed E-state index contributed by atoms with van der Waals surface area (Å²) in [5.74, 6) is 0.307. The number of hydrogen-bond acceptors (Lipinski definition) is 2. The predicted molar refractivity (Wildman–Crippen MR) is 79.2 cm³/mol. The van der Waals surface area contributed by atoms with Gasteiger partial charge in [0.15, 0.2) is 0 Å². The van der Waals surface area contributed by atoms with Gasteiger partial charge in [-0.2, -0.15) is 0 Å². The van der Waals surface area contributed by atoms with Crippen molar-refractivity contribution in [2.45, 2.75) is 31.3 Å². The van der Waals surface area contributed by atoms with E-state index in [2.05, 4.69) is 51.6 Å². The molecule has 3 rings (SSSR count). The van der Waals surface area contributed by atoms with Gasteiger partial charge in [0.1, 0.15) is 0 Å². The molecule has 1 aromatic carbocycles. The maximum Gasteiger partial charge on any atom is 0.0657 e. The molecule has 1 N–H and O–H groups in total. The lowest BCUT2D eigenvalue weighted by atomic mass is 9.93. The van der Waals surface area contributed by atoms with Gasteiger partial charge in [-0.25, -0.2) is 0 Å². The minimum atomic E-state index is -0.265. The Morgan fingerprint density at radius 2 is 2.22 bits per heavy atom. The Morgan fingerprint density at radius 1 is 1.39 bits per heavy atom. The van der Waals surface area contributed by atoms with E-state index in [9.17, 15) is 5.11 Å². The van der Waals surface area contributed by atoms with E-state index in [1.54, 1.807) is 11.3 Å². The number of fused-ring (bicyclic) bond motifs is 1. The van der Waals surface area contributed by atoms with Crippen LogP contribution in [0.2, 0.25) is 0 Å². The van der Waals surface area contributed by atoms with Gasteiger partial charge in [-0.1, -0.05) is 24.3 Å². The molecule has 1 aliphatic carbocycles. The lowest BCUT2D eigenvalue weighted by Crippen LogP contribution is -2.18. The van der Waals surface area contributed by atoms with Gasteiger partial charge >= 0.3 is 0 Å². The van der Waals surface area contributed by atoms with Gasteiger partial charge in [0.2, 0.25) is 0 Å². The van der Waals surface area contributed by atoms with E-state index in [1.807, 2.05) is 0 Å². The quantitative estimate of drug-likeness (QED) is 0.900. The smallest absolute Gasteiger partial charge is 0.0657 e. The molecule has 1 aromatic heterocycles. The fraction of sp³-hybridized carbons (Fsp3) is 0.333. The molecule has 0 spiro atoms. The third kappa shape index (κ3) is 2.40. The first-order chi connectivity index (χ1) is 8.74. The number of aliphatic hydroxyl groups is 1. The average molecular weight is 323 g/mol. The van der Waals surface area contributed by atoms with Gasteiger partial charge < -0.3 is 5.11 Å². The van der Waals surface area contributed by atoms with Crippen LogP contribution in [-0.2, 0) is 12.8 Å². The van der Waals surface area contributed by atoms with Crippen molar-refractivity contribution in [2.24, 2.45) is 0 Å². The zero-order chi connectivity index (χ0) is 12.5. The Labute approximate surface area is 120 Å². The highest BCUT2D eigenvalue weighted by atomic mass is 79.9. The van der Waals surface area contributed by atoms with Crippen LogP contribution >= 0.6 is 27.3 Å². The molecule has 94 valence electrons. The van der Waals surface area contributed by atoms with Crippen molar-refractivity contribution in [2.75, 3.05) is 0 Å². The lowest BCUT2D eigenvalue weighted by molar-refractivity contribution is 0.144. The monoisotopic (exact) mass is 322 g/mol. The average Bonchev–Trinajstić information content (AvgIpc) is 2.95. The largest absolute Gasteiger partial charge is 0.392 e. The second-order valence-electron chi connectivity index (χ2n) is 4.85. The van der Waals surface area contributed by atoms with E-state index >= 15 is 0 Å². The standard InChI is InChI=1S/C15H15BrOS/c16-11-7-12(18-9-11)8-15(17)14-6-5-10-3-1-2-4-13(10)14/h1-4,7,9,14-15,17H,5-6,8H2. The van der Waals surface area contributed by atoms with Crippen LogP contribution in [0.3, 0.4) is 0 Å². The molecule has 1 nitrogen and oxygen atoms in total. The number of thiophene rings is 1. The Hall–Kier alpha value is -0.640. The van der Waals surface area contributed by atoms with E-state index in [4.69, 9.17) is 0 Å². The second-order valence-corrected chi connectivity index (χ2v) is 6.76. The molecule has 0 amide bonds. The molecule has 0 bridgehead atoms. The first-order valence-electron chi connectivity index (χ1n) is 6.23. The maximum atomic E-state index is 10.4. The molecule has 0 fully saturated rings. The molecule has 0 saturated carbocycles.